The fraction of sp³-hybridized carbons (Fsp3) is 0.533. The van der Waals surface area contributed by atoms with Gasteiger partial charge in [0.15, 0.2) is 0 Å². The summed E-state index contributed by atoms with van der Waals surface area (Å²) in [5, 5.41) is 0. The first-order chi connectivity index (χ1) is 8.59. The highest BCUT2D eigenvalue weighted by molar-refractivity contribution is 5.85. The van der Waals surface area contributed by atoms with E-state index in [0.717, 1.165) is 19.4 Å². The molecule has 1 saturated heterocycles. The molecule has 0 spiro atoms. The summed E-state index contributed by atoms with van der Waals surface area (Å²) in [6.07, 6.45) is 2.12. The van der Waals surface area contributed by atoms with Crippen LogP contribution in [0.15, 0.2) is 30.3 Å². The first-order valence-corrected chi connectivity index (χ1v) is 6.69. The minimum Gasteiger partial charge on any atom is -0.338 e. The highest BCUT2D eigenvalue weighted by Crippen LogP contribution is 2.27. The lowest BCUT2D eigenvalue weighted by atomic mass is 9.93. The number of rotatable bonds is 3. The van der Waals surface area contributed by atoms with Crippen LogP contribution < -0.4 is 5.73 Å². The minimum absolute atomic E-state index is 0. The Kier molecular flexibility index (Phi) is 5.83. The van der Waals surface area contributed by atoms with Gasteiger partial charge in [0.2, 0.25) is 5.91 Å². The van der Waals surface area contributed by atoms with Gasteiger partial charge in [-0.25, -0.2) is 0 Å². The van der Waals surface area contributed by atoms with Gasteiger partial charge < -0.3 is 10.6 Å². The molecule has 1 aromatic rings. The molecule has 0 aromatic heterocycles. The number of carbonyl (C=O) groups is 1. The smallest absolute Gasteiger partial charge is 0.239 e. The summed E-state index contributed by atoms with van der Waals surface area (Å²) in [5.41, 5.74) is 7.04. The van der Waals surface area contributed by atoms with Crippen molar-refractivity contribution in [3.8, 4) is 0 Å². The molecule has 0 bridgehead atoms. The van der Waals surface area contributed by atoms with Crippen molar-refractivity contribution >= 4 is 18.3 Å². The van der Waals surface area contributed by atoms with Gasteiger partial charge in [-0.3, -0.25) is 4.79 Å². The first kappa shape index (κ1) is 16.0. The molecule has 2 rings (SSSR count). The standard InChI is InChI=1S/C15H22N2O.ClH/c1-11(16)15(18)17-9-8-14(12(17)2)10-13-6-4-3-5-7-13;/h3-7,11-12,14H,8-10,16H2,1-2H3;1H. The Morgan fingerprint density at radius 3 is 2.63 bits per heavy atom. The Bertz CT molecular complexity index is 408. The number of benzene rings is 1. The van der Waals surface area contributed by atoms with E-state index in [-0.39, 0.29) is 24.4 Å². The quantitative estimate of drug-likeness (QED) is 0.924. The molecule has 0 aliphatic carbocycles. The molecule has 1 aromatic carbocycles. The second-order valence-electron chi connectivity index (χ2n) is 5.30. The lowest BCUT2D eigenvalue weighted by Gasteiger charge is -2.26. The average Bonchev–Trinajstić information content (AvgIpc) is 2.71. The van der Waals surface area contributed by atoms with Crippen molar-refractivity contribution in [2.45, 2.75) is 38.8 Å². The SMILES string of the molecule is CC(N)C(=O)N1CCC(Cc2ccccc2)C1C.Cl. The molecular formula is C15H23ClN2O. The lowest BCUT2D eigenvalue weighted by molar-refractivity contribution is -0.133. The maximum Gasteiger partial charge on any atom is 0.239 e. The number of likely N-dealkylation sites (tertiary alicyclic amines) is 1. The van der Waals surface area contributed by atoms with E-state index in [9.17, 15) is 4.79 Å². The van der Waals surface area contributed by atoms with Crippen molar-refractivity contribution in [2.24, 2.45) is 11.7 Å². The van der Waals surface area contributed by atoms with Gasteiger partial charge in [-0.1, -0.05) is 30.3 Å². The van der Waals surface area contributed by atoms with Gasteiger partial charge in [-0.15, -0.1) is 12.4 Å². The zero-order valence-corrected chi connectivity index (χ0v) is 12.4. The van der Waals surface area contributed by atoms with Crippen LogP contribution in [0.4, 0.5) is 0 Å². The van der Waals surface area contributed by atoms with Gasteiger partial charge in [-0.2, -0.15) is 0 Å². The summed E-state index contributed by atoms with van der Waals surface area (Å²) in [7, 11) is 0. The van der Waals surface area contributed by atoms with Gasteiger partial charge in [0.25, 0.3) is 0 Å². The third-order valence-corrected chi connectivity index (χ3v) is 3.93. The van der Waals surface area contributed by atoms with Gasteiger partial charge in [-0.05, 0) is 38.2 Å². The molecule has 1 aliphatic heterocycles. The van der Waals surface area contributed by atoms with E-state index in [4.69, 9.17) is 5.73 Å². The Morgan fingerprint density at radius 1 is 1.42 bits per heavy atom. The summed E-state index contributed by atoms with van der Waals surface area (Å²) in [5.74, 6) is 0.633. The monoisotopic (exact) mass is 282 g/mol. The van der Waals surface area contributed by atoms with Crippen molar-refractivity contribution in [3.05, 3.63) is 35.9 Å². The lowest BCUT2D eigenvalue weighted by Crippen LogP contribution is -2.44. The molecule has 1 heterocycles. The summed E-state index contributed by atoms with van der Waals surface area (Å²) in [6.45, 7) is 4.75. The van der Waals surface area contributed by atoms with Crippen molar-refractivity contribution in [1.82, 2.24) is 4.90 Å². The number of nitrogens with zero attached hydrogens (tertiary/aromatic N) is 1. The molecule has 1 amide bonds. The van der Waals surface area contributed by atoms with Crippen LogP contribution in [-0.4, -0.2) is 29.4 Å². The highest BCUT2D eigenvalue weighted by atomic mass is 35.5. The molecule has 106 valence electrons. The predicted octanol–water partition coefficient (Wildman–Crippen LogP) is 2.24. The van der Waals surface area contributed by atoms with E-state index in [0.29, 0.717) is 12.0 Å². The minimum atomic E-state index is -0.386. The van der Waals surface area contributed by atoms with Crippen LogP contribution in [-0.2, 0) is 11.2 Å². The first-order valence-electron chi connectivity index (χ1n) is 6.69. The number of amides is 1. The number of nitrogens with two attached hydrogens (primary N) is 1. The van der Waals surface area contributed by atoms with Crippen molar-refractivity contribution < 1.29 is 4.79 Å². The van der Waals surface area contributed by atoms with E-state index in [2.05, 4.69) is 31.2 Å². The largest absolute Gasteiger partial charge is 0.338 e. The van der Waals surface area contributed by atoms with Gasteiger partial charge in [0.05, 0.1) is 6.04 Å². The maximum absolute atomic E-state index is 12.0. The van der Waals surface area contributed by atoms with E-state index in [1.165, 1.54) is 5.56 Å². The third kappa shape index (κ3) is 3.71. The van der Waals surface area contributed by atoms with Crippen LogP contribution in [0.5, 0.6) is 0 Å². The number of hydrogen-bond acceptors (Lipinski definition) is 2. The third-order valence-electron chi connectivity index (χ3n) is 3.93. The zero-order chi connectivity index (χ0) is 13.1. The van der Waals surface area contributed by atoms with Crippen LogP contribution in [0.1, 0.15) is 25.8 Å². The van der Waals surface area contributed by atoms with Gasteiger partial charge in [0, 0.05) is 12.6 Å². The second-order valence-corrected chi connectivity index (χ2v) is 5.30. The Labute approximate surface area is 121 Å². The number of carbonyl (C=O) groups excluding carboxylic acids is 1. The van der Waals surface area contributed by atoms with E-state index < -0.39 is 0 Å². The molecule has 2 N–H and O–H groups in total. The van der Waals surface area contributed by atoms with Gasteiger partial charge >= 0.3 is 0 Å². The van der Waals surface area contributed by atoms with Crippen LogP contribution in [0.2, 0.25) is 0 Å². The van der Waals surface area contributed by atoms with Crippen molar-refractivity contribution in [1.29, 1.82) is 0 Å². The molecule has 3 unspecified atom stereocenters. The van der Waals surface area contributed by atoms with Crippen LogP contribution in [0, 0.1) is 5.92 Å². The molecule has 3 atom stereocenters. The molecular weight excluding hydrogens is 260 g/mol. The average molecular weight is 283 g/mol. The molecule has 3 nitrogen and oxygen atoms in total. The summed E-state index contributed by atoms with van der Waals surface area (Å²) in [6, 6.07) is 10.4. The molecule has 1 aliphatic rings. The van der Waals surface area contributed by atoms with E-state index in [1.807, 2.05) is 11.0 Å². The van der Waals surface area contributed by atoms with Crippen molar-refractivity contribution in [2.75, 3.05) is 6.54 Å². The Hall–Kier alpha value is -1.06. The summed E-state index contributed by atoms with van der Waals surface area (Å²) >= 11 is 0. The molecule has 0 saturated carbocycles. The fourth-order valence-electron chi connectivity index (χ4n) is 2.77. The second kappa shape index (κ2) is 6.92. The van der Waals surface area contributed by atoms with E-state index >= 15 is 0 Å². The van der Waals surface area contributed by atoms with Crippen LogP contribution in [0.25, 0.3) is 0 Å². The molecule has 1 fully saturated rings. The number of hydrogen-bond donors (Lipinski definition) is 1. The number of halogens is 1. The Balaban J connectivity index is 0.00000180. The Morgan fingerprint density at radius 2 is 2.05 bits per heavy atom. The van der Waals surface area contributed by atoms with Gasteiger partial charge in [0.1, 0.15) is 0 Å². The highest BCUT2D eigenvalue weighted by Gasteiger charge is 2.34. The predicted molar refractivity (Wildman–Crippen MR) is 80.3 cm³/mol. The van der Waals surface area contributed by atoms with Crippen LogP contribution >= 0.6 is 12.4 Å². The normalized spacial score (nSPS) is 23.8. The molecule has 4 heteroatoms. The van der Waals surface area contributed by atoms with Crippen molar-refractivity contribution in [3.63, 3.8) is 0 Å². The van der Waals surface area contributed by atoms with Crippen LogP contribution in [0.3, 0.4) is 0 Å². The maximum atomic E-state index is 12.0. The zero-order valence-electron chi connectivity index (χ0n) is 11.6. The fourth-order valence-corrected chi connectivity index (χ4v) is 2.77. The molecule has 19 heavy (non-hydrogen) atoms. The summed E-state index contributed by atoms with van der Waals surface area (Å²) in [4.78, 5) is 13.9. The summed E-state index contributed by atoms with van der Waals surface area (Å²) < 4.78 is 0. The van der Waals surface area contributed by atoms with E-state index in [1.54, 1.807) is 6.92 Å². The molecule has 0 radical (unpaired) electrons. The topological polar surface area (TPSA) is 46.3 Å².